The van der Waals surface area contributed by atoms with E-state index < -0.39 is 0 Å². The van der Waals surface area contributed by atoms with Crippen molar-refractivity contribution in [2.45, 2.75) is 0 Å². The molecular formula is C9H8N3O. The van der Waals surface area contributed by atoms with Crippen LogP contribution in [0.25, 0.3) is 0 Å². The highest BCUT2D eigenvalue weighted by Gasteiger charge is 2.02. The number of para-hydroxylation sites is 1. The molecule has 0 saturated heterocycles. The molecule has 13 heavy (non-hydrogen) atoms. The van der Waals surface area contributed by atoms with E-state index in [0.717, 1.165) is 11.4 Å². The summed E-state index contributed by atoms with van der Waals surface area (Å²) in [4.78, 5) is 0. The normalized spacial score (nSPS) is 13.7. The lowest BCUT2D eigenvalue weighted by Gasteiger charge is -2.02. The van der Waals surface area contributed by atoms with Crippen molar-refractivity contribution in [1.29, 1.82) is 0 Å². The van der Waals surface area contributed by atoms with Gasteiger partial charge in [-0.25, -0.2) is 0 Å². The maximum atomic E-state index is 5.41. The van der Waals surface area contributed by atoms with Crippen LogP contribution in [0.5, 0.6) is 5.75 Å². The lowest BCUT2D eigenvalue weighted by Crippen LogP contribution is -1.98. The van der Waals surface area contributed by atoms with Gasteiger partial charge in [0.15, 0.2) is 0 Å². The van der Waals surface area contributed by atoms with Crippen molar-refractivity contribution < 1.29 is 4.74 Å². The van der Waals surface area contributed by atoms with E-state index in [-0.39, 0.29) is 0 Å². The Hall–Kier alpha value is -1.84. The fraction of sp³-hybridized carbons (Fsp3) is 0.111. The topological polar surface area (TPSA) is 48.1 Å². The summed E-state index contributed by atoms with van der Waals surface area (Å²) in [6.45, 7) is 0.414. The van der Waals surface area contributed by atoms with Crippen LogP contribution in [0.15, 0.2) is 52.6 Å². The Bertz CT molecular complexity index is 332. The van der Waals surface area contributed by atoms with E-state index in [1.54, 1.807) is 6.20 Å². The van der Waals surface area contributed by atoms with E-state index in [1.807, 2.05) is 30.3 Å². The summed E-state index contributed by atoms with van der Waals surface area (Å²) in [5.41, 5.74) is 4.33. The zero-order valence-electron chi connectivity index (χ0n) is 6.92. The van der Waals surface area contributed by atoms with Crippen LogP contribution in [0.2, 0.25) is 0 Å². The second kappa shape index (κ2) is 3.71. The standard InChI is InChI=1S/C9H8N3O/c1-2-4-9(5-3-1)13-7-8-6-10-12-11-8/h1-6H,7H2. The molecule has 1 aliphatic heterocycles. The van der Waals surface area contributed by atoms with Gasteiger partial charge in [0, 0.05) is 0 Å². The molecule has 0 aromatic heterocycles. The molecule has 1 aromatic carbocycles. The number of hydrogen-bond donors (Lipinski definition) is 0. The molecule has 1 aromatic rings. The minimum atomic E-state index is 0.414. The third-order valence-corrected chi connectivity index (χ3v) is 1.56. The van der Waals surface area contributed by atoms with Crippen molar-refractivity contribution in [3.8, 4) is 5.75 Å². The Morgan fingerprint density at radius 2 is 2.00 bits per heavy atom. The SMILES string of the molecule is C1=C(COc2ccccc2)N=N[N]1. The second-order valence-electron chi connectivity index (χ2n) is 2.53. The Balaban J connectivity index is 1.90. The smallest absolute Gasteiger partial charge is 0.134 e. The maximum Gasteiger partial charge on any atom is 0.134 e. The van der Waals surface area contributed by atoms with Gasteiger partial charge >= 0.3 is 0 Å². The van der Waals surface area contributed by atoms with Crippen LogP contribution in [-0.4, -0.2) is 6.61 Å². The van der Waals surface area contributed by atoms with Crippen LogP contribution in [0, 0.1) is 0 Å². The van der Waals surface area contributed by atoms with Gasteiger partial charge in [0.2, 0.25) is 0 Å². The van der Waals surface area contributed by atoms with Crippen molar-refractivity contribution in [2.24, 2.45) is 10.3 Å². The van der Waals surface area contributed by atoms with Crippen LogP contribution in [-0.2, 0) is 0 Å². The average molecular weight is 174 g/mol. The Kier molecular flexibility index (Phi) is 2.22. The largest absolute Gasteiger partial charge is 0.487 e. The van der Waals surface area contributed by atoms with E-state index in [2.05, 4.69) is 15.8 Å². The van der Waals surface area contributed by atoms with E-state index in [1.165, 1.54) is 0 Å². The molecule has 65 valence electrons. The zero-order valence-corrected chi connectivity index (χ0v) is 6.92. The van der Waals surface area contributed by atoms with Gasteiger partial charge in [0.25, 0.3) is 0 Å². The minimum absolute atomic E-state index is 0.414. The van der Waals surface area contributed by atoms with Crippen LogP contribution < -0.4 is 10.2 Å². The number of rotatable bonds is 3. The molecule has 1 aliphatic rings. The maximum absolute atomic E-state index is 5.41. The van der Waals surface area contributed by atoms with Crippen LogP contribution in [0.3, 0.4) is 0 Å². The Labute approximate surface area is 75.9 Å². The highest BCUT2D eigenvalue weighted by molar-refractivity contribution is 5.21. The van der Waals surface area contributed by atoms with Crippen molar-refractivity contribution in [1.82, 2.24) is 5.43 Å². The molecule has 0 spiro atoms. The molecule has 0 saturated carbocycles. The van der Waals surface area contributed by atoms with Gasteiger partial charge in [-0.3, -0.25) is 0 Å². The summed E-state index contributed by atoms with van der Waals surface area (Å²) in [6.07, 6.45) is 1.59. The summed E-state index contributed by atoms with van der Waals surface area (Å²) in [5.74, 6) is 0.825. The second-order valence-corrected chi connectivity index (χ2v) is 2.53. The van der Waals surface area contributed by atoms with Gasteiger partial charge in [0.05, 0.1) is 6.20 Å². The predicted molar refractivity (Wildman–Crippen MR) is 47.0 cm³/mol. The third-order valence-electron chi connectivity index (χ3n) is 1.56. The molecule has 4 nitrogen and oxygen atoms in total. The fourth-order valence-electron chi connectivity index (χ4n) is 0.942. The monoisotopic (exact) mass is 174 g/mol. The Morgan fingerprint density at radius 1 is 1.15 bits per heavy atom. The van der Waals surface area contributed by atoms with E-state index >= 15 is 0 Å². The first-order valence-electron chi connectivity index (χ1n) is 3.93. The fourth-order valence-corrected chi connectivity index (χ4v) is 0.942. The molecule has 0 fully saturated rings. The van der Waals surface area contributed by atoms with Gasteiger partial charge in [-0.15, -0.1) is 10.5 Å². The van der Waals surface area contributed by atoms with E-state index in [4.69, 9.17) is 4.74 Å². The molecule has 0 bridgehead atoms. The summed E-state index contributed by atoms with van der Waals surface area (Å²) in [7, 11) is 0. The molecule has 4 heteroatoms. The Morgan fingerprint density at radius 3 is 2.69 bits per heavy atom. The lowest BCUT2D eigenvalue weighted by atomic mass is 10.3. The van der Waals surface area contributed by atoms with Gasteiger partial charge in [-0.2, -0.15) is 0 Å². The summed E-state index contributed by atoms with van der Waals surface area (Å²) in [5, 5.41) is 7.20. The molecule has 1 heterocycles. The van der Waals surface area contributed by atoms with Gasteiger partial charge < -0.3 is 4.74 Å². The molecule has 0 N–H and O–H groups in total. The van der Waals surface area contributed by atoms with Crippen molar-refractivity contribution in [3.63, 3.8) is 0 Å². The lowest BCUT2D eigenvalue weighted by molar-refractivity contribution is 0.350. The molecule has 0 aliphatic carbocycles. The van der Waals surface area contributed by atoms with E-state index in [9.17, 15) is 0 Å². The summed E-state index contributed by atoms with van der Waals surface area (Å²) in [6, 6.07) is 9.57. The van der Waals surface area contributed by atoms with Gasteiger partial charge in [0.1, 0.15) is 18.1 Å². The number of nitrogens with zero attached hydrogens (tertiary/aromatic N) is 3. The number of benzene rings is 1. The summed E-state index contributed by atoms with van der Waals surface area (Å²) >= 11 is 0. The van der Waals surface area contributed by atoms with Gasteiger partial charge in [-0.1, -0.05) is 18.2 Å². The molecule has 0 unspecified atom stereocenters. The van der Waals surface area contributed by atoms with Crippen LogP contribution in [0.1, 0.15) is 0 Å². The van der Waals surface area contributed by atoms with Crippen molar-refractivity contribution in [3.05, 3.63) is 42.2 Å². The highest BCUT2D eigenvalue weighted by Crippen LogP contribution is 2.11. The van der Waals surface area contributed by atoms with Crippen molar-refractivity contribution >= 4 is 0 Å². The number of ether oxygens (including phenoxy) is 1. The first kappa shape index (κ1) is 7.79. The zero-order chi connectivity index (χ0) is 8.93. The number of hydrogen-bond acceptors (Lipinski definition) is 3. The first-order chi connectivity index (χ1) is 6.45. The molecular weight excluding hydrogens is 166 g/mol. The van der Waals surface area contributed by atoms with Crippen LogP contribution in [0.4, 0.5) is 0 Å². The quantitative estimate of drug-likeness (QED) is 0.690. The van der Waals surface area contributed by atoms with Crippen LogP contribution >= 0.6 is 0 Å². The van der Waals surface area contributed by atoms with E-state index in [0.29, 0.717) is 6.61 Å². The molecule has 0 amide bonds. The first-order valence-corrected chi connectivity index (χ1v) is 3.93. The molecule has 2 rings (SSSR count). The predicted octanol–water partition coefficient (Wildman–Crippen LogP) is 1.89. The third kappa shape index (κ3) is 2.05. The van der Waals surface area contributed by atoms with Crippen molar-refractivity contribution in [2.75, 3.05) is 6.61 Å². The molecule has 0 atom stereocenters. The average Bonchev–Trinajstić information content (AvgIpc) is 2.69. The summed E-state index contributed by atoms with van der Waals surface area (Å²) < 4.78 is 5.41. The highest BCUT2D eigenvalue weighted by atomic mass is 16.5. The van der Waals surface area contributed by atoms with Gasteiger partial charge in [-0.05, 0) is 17.4 Å². The minimum Gasteiger partial charge on any atom is -0.487 e. The molecule has 1 radical (unpaired) electrons.